The summed E-state index contributed by atoms with van der Waals surface area (Å²) in [7, 11) is 0. The van der Waals surface area contributed by atoms with Crippen LogP contribution in [0.1, 0.15) is 23.4 Å². The van der Waals surface area contributed by atoms with Crippen LogP contribution in [0.2, 0.25) is 0 Å². The summed E-state index contributed by atoms with van der Waals surface area (Å²) >= 11 is 3.54. The van der Waals surface area contributed by atoms with Gasteiger partial charge in [0.25, 0.3) is 0 Å². The molecular weight excluding hydrogens is 260 g/mol. The third-order valence-corrected chi connectivity index (χ3v) is 4.47. The van der Waals surface area contributed by atoms with Gasteiger partial charge in [-0.25, -0.2) is 0 Å². The summed E-state index contributed by atoms with van der Waals surface area (Å²) in [6.07, 6.45) is 5.11. The van der Waals surface area contributed by atoms with Crippen LogP contribution < -0.4 is 5.32 Å². The number of thiazole rings is 1. The number of likely N-dealkylation sites (N-methyl/N-ethyl adjacent to an activating group) is 1. The molecule has 0 fully saturated rings. The van der Waals surface area contributed by atoms with E-state index in [4.69, 9.17) is 0 Å². The van der Waals surface area contributed by atoms with Crippen molar-refractivity contribution in [2.45, 2.75) is 24.3 Å². The predicted octanol–water partition coefficient (Wildman–Crippen LogP) is 3.76. The Kier molecular flexibility index (Phi) is 5.23. The first-order valence-electron chi connectivity index (χ1n) is 6.08. The minimum atomic E-state index is 0.374. The van der Waals surface area contributed by atoms with E-state index in [-0.39, 0.29) is 0 Å². The molecule has 0 radical (unpaired) electrons. The average molecular weight is 278 g/mol. The summed E-state index contributed by atoms with van der Waals surface area (Å²) < 4.78 is 0. The van der Waals surface area contributed by atoms with Gasteiger partial charge in [0.05, 0.1) is 5.51 Å². The van der Waals surface area contributed by atoms with E-state index >= 15 is 0 Å². The lowest BCUT2D eigenvalue weighted by molar-refractivity contribution is 0.545. The van der Waals surface area contributed by atoms with Crippen LogP contribution in [0.15, 0.2) is 40.9 Å². The molecule has 1 atom stereocenters. The van der Waals surface area contributed by atoms with Gasteiger partial charge < -0.3 is 5.32 Å². The third kappa shape index (κ3) is 3.34. The number of hydrogen-bond donors (Lipinski definition) is 1. The van der Waals surface area contributed by atoms with Gasteiger partial charge in [0.2, 0.25) is 0 Å². The van der Waals surface area contributed by atoms with E-state index < -0.39 is 0 Å². The van der Waals surface area contributed by atoms with Crippen LogP contribution >= 0.6 is 23.1 Å². The molecule has 0 aliphatic heterocycles. The van der Waals surface area contributed by atoms with Gasteiger partial charge in [0.15, 0.2) is 0 Å². The van der Waals surface area contributed by atoms with Gasteiger partial charge in [-0.2, -0.15) is 0 Å². The Morgan fingerprint density at radius 1 is 1.39 bits per heavy atom. The lowest BCUT2D eigenvalue weighted by atomic mass is 10.0. The maximum Gasteiger partial charge on any atom is 0.0794 e. The van der Waals surface area contributed by atoms with E-state index in [1.165, 1.54) is 15.3 Å². The average Bonchev–Trinajstić information content (AvgIpc) is 2.91. The van der Waals surface area contributed by atoms with Crippen molar-refractivity contribution in [3.8, 4) is 0 Å². The van der Waals surface area contributed by atoms with E-state index in [0.717, 1.165) is 13.0 Å². The summed E-state index contributed by atoms with van der Waals surface area (Å²) in [5, 5.41) is 3.58. The van der Waals surface area contributed by atoms with Gasteiger partial charge >= 0.3 is 0 Å². The van der Waals surface area contributed by atoms with Gasteiger partial charge in [-0.05, 0) is 24.4 Å². The number of hydrogen-bond acceptors (Lipinski definition) is 4. The Hall–Kier alpha value is -0.840. The number of aromatic nitrogens is 1. The maximum absolute atomic E-state index is 4.16. The van der Waals surface area contributed by atoms with Crippen molar-refractivity contribution in [2.75, 3.05) is 12.8 Å². The fourth-order valence-corrected chi connectivity index (χ4v) is 3.34. The first-order valence-corrected chi connectivity index (χ1v) is 8.19. The predicted molar refractivity (Wildman–Crippen MR) is 80.5 cm³/mol. The van der Waals surface area contributed by atoms with Gasteiger partial charge in [0.1, 0.15) is 0 Å². The molecule has 0 bridgehead atoms. The molecule has 18 heavy (non-hydrogen) atoms. The largest absolute Gasteiger partial charge is 0.310 e. The normalized spacial score (nSPS) is 12.6. The number of nitrogens with zero attached hydrogens (tertiary/aromatic N) is 1. The molecule has 0 saturated heterocycles. The molecule has 1 aromatic carbocycles. The van der Waals surface area contributed by atoms with Crippen molar-refractivity contribution >= 4 is 23.1 Å². The highest BCUT2D eigenvalue weighted by atomic mass is 32.2. The molecular formula is C14H18N2S2. The summed E-state index contributed by atoms with van der Waals surface area (Å²) in [5.74, 6) is 0. The standard InChI is InChI=1S/C14H18N2S2/c1-3-16-13(8-11-9-15-10-18-11)12-6-4-5-7-14(12)17-2/h4-7,9-10,13,16H,3,8H2,1-2H3. The summed E-state index contributed by atoms with van der Waals surface area (Å²) in [6.45, 7) is 3.13. The van der Waals surface area contributed by atoms with Gasteiger partial charge in [-0.3, -0.25) is 4.98 Å². The fourth-order valence-electron chi connectivity index (χ4n) is 2.04. The second-order valence-corrected chi connectivity index (χ2v) is 5.84. The molecule has 0 aliphatic carbocycles. The Labute approximate surface area is 117 Å². The Balaban J connectivity index is 2.23. The van der Waals surface area contributed by atoms with Crippen LogP contribution in [0.3, 0.4) is 0 Å². The SMILES string of the molecule is CCNC(Cc1cncs1)c1ccccc1SC. The van der Waals surface area contributed by atoms with Gasteiger partial charge in [0, 0.05) is 28.4 Å². The first kappa shape index (κ1) is 13.6. The van der Waals surface area contributed by atoms with E-state index in [9.17, 15) is 0 Å². The molecule has 1 aromatic heterocycles. The molecule has 2 nitrogen and oxygen atoms in total. The van der Waals surface area contributed by atoms with Gasteiger partial charge in [-0.15, -0.1) is 23.1 Å². The van der Waals surface area contributed by atoms with Crippen LogP contribution in [-0.2, 0) is 6.42 Å². The molecule has 1 N–H and O–H groups in total. The molecule has 0 amide bonds. The fraction of sp³-hybridized carbons (Fsp3) is 0.357. The highest BCUT2D eigenvalue weighted by Crippen LogP contribution is 2.28. The number of rotatable bonds is 6. The topological polar surface area (TPSA) is 24.9 Å². The van der Waals surface area contributed by atoms with E-state index in [1.807, 2.05) is 23.5 Å². The van der Waals surface area contributed by atoms with Crippen LogP contribution in [0.4, 0.5) is 0 Å². The van der Waals surface area contributed by atoms with Crippen LogP contribution in [-0.4, -0.2) is 17.8 Å². The monoisotopic (exact) mass is 278 g/mol. The number of thioether (sulfide) groups is 1. The van der Waals surface area contributed by atoms with Crippen LogP contribution in [0.5, 0.6) is 0 Å². The molecule has 4 heteroatoms. The Morgan fingerprint density at radius 2 is 2.22 bits per heavy atom. The van der Waals surface area contributed by atoms with Crippen molar-refractivity contribution in [1.82, 2.24) is 10.3 Å². The molecule has 96 valence electrons. The highest BCUT2D eigenvalue weighted by Gasteiger charge is 2.15. The third-order valence-electron chi connectivity index (χ3n) is 2.85. The molecule has 0 spiro atoms. The van der Waals surface area contributed by atoms with Crippen molar-refractivity contribution in [1.29, 1.82) is 0 Å². The maximum atomic E-state index is 4.16. The van der Waals surface area contributed by atoms with E-state index in [0.29, 0.717) is 6.04 Å². The number of nitrogens with one attached hydrogen (secondary N) is 1. The van der Waals surface area contributed by atoms with E-state index in [1.54, 1.807) is 11.3 Å². The van der Waals surface area contributed by atoms with Crippen molar-refractivity contribution in [3.05, 3.63) is 46.4 Å². The minimum absolute atomic E-state index is 0.374. The lowest BCUT2D eigenvalue weighted by Gasteiger charge is -2.20. The van der Waals surface area contributed by atoms with E-state index in [2.05, 4.69) is 47.7 Å². The molecule has 1 unspecified atom stereocenters. The van der Waals surface area contributed by atoms with Gasteiger partial charge in [-0.1, -0.05) is 25.1 Å². The van der Waals surface area contributed by atoms with Crippen molar-refractivity contribution < 1.29 is 0 Å². The second kappa shape index (κ2) is 6.92. The smallest absolute Gasteiger partial charge is 0.0794 e. The van der Waals surface area contributed by atoms with Crippen molar-refractivity contribution in [2.24, 2.45) is 0 Å². The zero-order chi connectivity index (χ0) is 12.8. The van der Waals surface area contributed by atoms with Crippen molar-refractivity contribution in [3.63, 3.8) is 0 Å². The first-order chi connectivity index (χ1) is 8.85. The molecule has 0 aliphatic rings. The summed E-state index contributed by atoms with van der Waals surface area (Å²) in [5.41, 5.74) is 3.29. The highest BCUT2D eigenvalue weighted by molar-refractivity contribution is 7.98. The molecule has 1 heterocycles. The zero-order valence-electron chi connectivity index (χ0n) is 10.7. The summed E-state index contributed by atoms with van der Waals surface area (Å²) in [6, 6.07) is 9.01. The zero-order valence-corrected chi connectivity index (χ0v) is 12.4. The lowest BCUT2D eigenvalue weighted by Crippen LogP contribution is -2.23. The molecule has 2 rings (SSSR count). The quantitative estimate of drug-likeness (QED) is 0.814. The number of benzene rings is 1. The van der Waals surface area contributed by atoms with Crippen LogP contribution in [0.25, 0.3) is 0 Å². The second-order valence-electron chi connectivity index (χ2n) is 4.02. The Morgan fingerprint density at radius 3 is 2.89 bits per heavy atom. The Bertz CT molecular complexity index is 468. The molecule has 0 saturated carbocycles. The van der Waals surface area contributed by atoms with Crippen LogP contribution in [0, 0.1) is 0 Å². The molecule has 2 aromatic rings. The minimum Gasteiger partial charge on any atom is -0.310 e. The summed E-state index contributed by atoms with van der Waals surface area (Å²) in [4.78, 5) is 6.84.